The second-order valence-corrected chi connectivity index (χ2v) is 4.90. The molecule has 1 atom stereocenters. The molecule has 7 heteroatoms. The fourth-order valence-corrected chi connectivity index (χ4v) is 2.81. The van der Waals surface area contributed by atoms with Gasteiger partial charge in [0, 0.05) is 23.8 Å². The average Bonchev–Trinajstić information content (AvgIpc) is 2.57. The summed E-state index contributed by atoms with van der Waals surface area (Å²) in [6, 6.07) is 0.268. The molecule has 1 aromatic rings. The molecule has 0 unspecified atom stereocenters. The number of rotatable bonds is 2. The van der Waals surface area contributed by atoms with Gasteiger partial charge in [0.05, 0.1) is 5.69 Å². The van der Waals surface area contributed by atoms with Gasteiger partial charge in [0.2, 0.25) is 5.91 Å². The summed E-state index contributed by atoms with van der Waals surface area (Å²) in [5.41, 5.74) is 6.78. The Hall–Kier alpha value is -0.0351. The number of carbonyl (C=O) groups is 1. The Bertz CT molecular complexity index is 386. The van der Waals surface area contributed by atoms with Crippen LogP contribution in [0.1, 0.15) is 30.3 Å². The second kappa shape index (κ2) is 7.41. The third-order valence-corrected chi connectivity index (χ3v) is 3.59. The van der Waals surface area contributed by atoms with Crippen molar-refractivity contribution in [3.63, 3.8) is 0 Å². The van der Waals surface area contributed by atoms with Crippen molar-refractivity contribution < 1.29 is 34.4 Å². The van der Waals surface area contributed by atoms with Gasteiger partial charge in [0.15, 0.2) is 5.13 Å². The van der Waals surface area contributed by atoms with Crippen LogP contribution in [0.2, 0.25) is 0 Å². The molecule has 3 N–H and O–H groups in total. The molecule has 0 spiro atoms. The summed E-state index contributed by atoms with van der Waals surface area (Å²) in [4.78, 5) is 16.8. The van der Waals surface area contributed by atoms with Crippen LogP contribution in [0.25, 0.3) is 0 Å². The van der Waals surface area contributed by atoms with Gasteiger partial charge in [-0.1, -0.05) is 15.3 Å². The number of aromatic nitrogens is 1. The molecule has 90 valence electrons. The topological polar surface area (TPSA) is 68.0 Å². The molecule has 0 bridgehead atoms. The summed E-state index contributed by atoms with van der Waals surface area (Å²) in [5, 5.41) is 3.66. The summed E-state index contributed by atoms with van der Waals surface area (Å²) in [7, 11) is 0. The van der Waals surface area contributed by atoms with E-state index in [1.165, 1.54) is 4.88 Å². The number of amides is 1. The Morgan fingerprint density at radius 1 is 1.65 bits per heavy atom. The molecule has 1 heterocycles. The normalized spacial score (nSPS) is 17.4. The molecule has 17 heavy (non-hydrogen) atoms. The van der Waals surface area contributed by atoms with E-state index in [1.54, 1.807) is 11.3 Å². The maximum absolute atomic E-state index is 11.2. The van der Waals surface area contributed by atoms with Crippen molar-refractivity contribution in [1.29, 1.82) is 0 Å². The van der Waals surface area contributed by atoms with Crippen LogP contribution >= 0.6 is 11.3 Å². The predicted molar refractivity (Wildman–Crippen MR) is 72.1 cm³/mol. The molecule has 1 aliphatic carbocycles. The first-order valence-electron chi connectivity index (χ1n) is 5.22. The first-order valence-corrected chi connectivity index (χ1v) is 6.04. The predicted octanol–water partition coefficient (Wildman–Crippen LogP) is -3.34. The van der Waals surface area contributed by atoms with E-state index in [0.717, 1.165) is 25.0 Å². The van der Waals surface area contributed by atoms with E-state index in [1.807, 2.05) is 6.92 Å². The van der Waals surface area contributed by atoms with Gasteiger partial charge >= 0.3 is 29.6 Å². The minimum Gasteiger partial charge on any atom is -0.375 e. The van der Waals surface area contributed by atoms with Crippen molar-refractivity contribution in [1.82, 2.24) is 10.3 Å². The largest absolute Gasteiger partial charge is 1.00 e. The number of anilines is 1. The Morgan fingerprint density at radius 2 is 2.35 bits per heavy atom. The van der Waals surface area contributed by atoms with Crippen molar-refractivity contribution in [3.8, 4) is 0 Å². The van der Waals surface area contributed by atoms with Crippen LogP contribution in [0, 0.1) is 0 Å². The van der Waals surface area contributed by atoms with Crippen LogP contribution in [-0.4, -0.2) is 25.3 Å². The summed E-state index contributed by atoms with van der Waals surface area (Å²) in [5.74, 6) is 0.126. The van der Waals surface area contributed by atoms with Gasteiger partial charge in [0.25, 0.3) is 0 Å². The number of carbonyl (C=O) groups excluding carboxylic acids is 1. The van der Waals surface area contributed by atoms with Gasteiger partial charge in [-0.25, -0.2) is 4.98 Å². The van der Waals surface area contributed by atoms with Crippen molar-refractivity contribution in [3.05, 3.63) is 10.6 Å². The number of nitrogens with zero attached hydrogens (tertiary/aromatic N) is 1. The second-order valence-electron chi connectivity index (χ2n) is 3.78. The molecule has 2 rings (SSSR count). The fourth-order valence-electron chi connectivity index (χ4n) is 1.85. The van der Waals surface area contributed by atoms with Crippen LogP contribution in [0.5, 0.6) is 0 Å². The first-order chi connectivity index (χ1) is 7.19. The third-order valence-electron chi connectivity index (χ3n) is 2.64. The maximum atomic E-state index is 11.2. The van der Waals surface area contributed by atoms with Crippen LogP contribution < -0.4 is 40.6 Å². The third kappa shape index (κ3) is 4.28. The van der Waals surface area contributed by atoms with Crippen LogP contribution in [-0.2, 0) is 17.6 Å². The van der Waals surface area contributed by atoms with Gasteiger partial charge in [0.1, 0.15) is 0 Å². The van der Waals surface area contributed by atoms with E-state index in [2.05, 4.69) is 10.3 Å². The van der Waals surface area contributed by atoms with E-state index < -0.39 is 0 Å². The van der Waals surface area contributed by atoms with E-state index in [4.69, 9.17) is 5.73 Å². The number of aryl methyl sites for hydroxylation is 1. The summed E-state index contributed by atoms with van der Waals surface area (Å²) >= 11 is 1.54. The van der Waals surface area contributed by atoms with Crippen molar-refractivity contribution in [2.24, 2.45) is 0 Å². The molecule has 0 saturated carbocycles. The molecule has 1 aromatic heterocycles. The van der Waals surface area contributed by atoms with Gasteiger partial charge < -0.3 is 11.1 Å². The number of nitrogens with two attached hydrogens (primary N) is 1. The summed E-state index contributed by atoms with van der Waals surface area (Å²) < 4.78 is 0. The minimum absolute atomic E-state index is 0. The van der Waals surface area contributed by atoms with Crippen LogP contribution in [0.15, 0.2) is 0 Å². The maximum Gasteiger partial charge on any atom is 1.00 e. The Kier molecular flexibility index (Phi) is 7.40. The SMILES string of the molecule is CCC(=O)N[C@H]1CCc2nc(N)sc2C1.[BH4-].[Na+]. The number of nitrogen functional groups attached to an aromatic ring is 1. The zero-order valence-electron chi connectivity index (χ0n) is 9.75. The number of thiazole rings is 1. The molecule has 0 radical (unpaired) electrons. The van der Waals surface area contributed by atoms with Crippen molar-refractivity contribution in [2.45, 2.75) is 38.6 Å². The Morgan fingerprint density at radius 3 is 3.00 bits per heavy atom. The van der Waals surface area contributed by atoms with Gasteiger partial charge in [-0.05, 0) is 12.8 Å². The Balaban J connectivity index is 0.00000128. The molecule has 0 saturated heterocycles. The Labute approximate surface area is 130 Å². The molecule has 0 fully saturated rings. The quantitative estimate of drug-likeness (QED) is 0.548. The summed E-state index contributed by atoms with van der Waals surface area (Å²) in [6.45, 7) is 1.87. The van der Waals surface area contributed by atoms with Crippen LogP contribution in [0.4, 0.5) is 5.13 Å². The van der Waals surface area contributed by atoms with Crippen LogP contribution in [0.3, 0.4) is 0 Å². The van der Waals surface area contributed by atoms with Crippen molar-refractivity contribution >= 4 is 30.8 Å². The molecule has 1 amide bonds. The van der Waals surface area contributed by atoms with Gasteiger partial charge in [-0.15, -0.1) is 11.3 Å². The smallest absolute Gasteiger partial charge is 0.375 e. The number of hydrogen-bond acceptors (Lipinski definition) is 4. The van der Waals surface area contributed by atoms with E-state index in [-0.39, 0.29) is 49.9 Å². The van der Waals surface area contributed by atoms with Gasteiger partial charge in [-0.3, -0.25) is 4.79 Å². The van der Waals surface area contributed by atoms with Gasteiger partial charge in [-0.2, -0.15) is 0 Å². The van der Waals surface area contributed by atoms with E-state index in [9.17, 15) is 4.79 Å². The molecular formula is C10H19BN3NaOS. The molecule has 0 aliphatic heterocycles. The molecule has 1 aliphatic rings. The zero-order valence-corrected chi connectivity index (χ0v) is 12.6. The monoisotopic (exact) mass is 263 g/mol. The van der Waals surface area contributed by atoms with E-state index >= 15 is 0 Å². The molecule has 0 aromatic carbocycles. The summed E-state index contributed by atoms with van der Waals surface area (Å²) in [6.07, 6.45) is 3.34. The molecular weight excluding hydrogens is 244 g/mol. The first kappa shape index (κ1) is 17.0. The van der Waals surface area contributed by atoms with E-state index in [0.29, 0.717) is 11.6 Å². The minimum atomic E-state index is 0. The number of hydrogen-bond donors (Lipinski definition) is 2. The average molecular weight is 263 g/mol. The fraction of sp³-hybridized carbons (Fsp3) is 0.600. The molecule has 4 nitrogen and oxygen atoms in total. The zero-order chi connectivity index (χ0) is 10.8. The number of fused-ring (bicyclic) bond motifs is 1. The van der Waals surface area contributed by atoms with Crippen molar-refractivity contribution in [2.75, 3.05) is 5.73 Å². The number of nitrogens with one attached hydrogen (secondary N) is 1. The standard InChI is InChI=1S/C10H15N3OS.BH4.Na/c1-2-9(14)12-6-3-4-7-8(5-6)15-10(11)13-7;;/h6H,2-5H2,1H3,(H2,11,13)(H,12,14);1H4;/q;-1;+1/t6-;;/m0../s1.